The number of non-ortho nitro benzene ring substituents is 1. The van der Waals surface area contributed by atoms with Crippen molar-refractivity contribution in [2.45, 2.75) is 39.2 Å². The Kier molecular flexibility index (Phi) is 7.29. The number of rotatable bonds is 8. The molecule has 1 fully saturated rings. The molecule has 11 nitrogen and oxygen atoms in total. The summed E-state index contributed by atoms with van der Waals surface area (Å²) in [6.07, 6.45) is 2.39. The summed E-state index contributed by atoms with van der Waals surface area (Å²) in [6, 6.07) is 6.00. The van der Waals surface area contributed by atoms with E-state index in [0.717, 1.165) is 32.4 Å². The van der Waals surface area contributed by atoms with E-state index in [-0.39, 0.29) is 29.2 Å². The lowest BCUT2D eigenvalue weighted by Crippen LogP contribution is -2.47. The third kappa shape index (κ3) is 5.63. The topological polar surface area (TPSA) is 135 Å². The Balaban J connectivity index is 1.57. The molecule has 0 radical (unpaired) electrons. The minimum Gasteiger partial charge on any atom is -0.355 e. The lowest BCUT2D eigenvalue weighted by atomic mass is 10.0. The van der Waals surface area contributed by atoms with Crippen molar-refractivity contribution in [2.24, 2.45) is 0 Å². The Bertz CT molecular complexity index is 951. The van der Waals surface area contributed by atoms with Crippen LogP contribution in [-0.4, -0.2) is 68.9 Å². The van der Waals surface area contributed by atoms with Gasteiger partial charge >= 0.3 is 0 Å². The molecule has 0 bridgehead atoms. The number of aromatic nitrogens is 3. The van der Waals surface area contributed by atoms with E-state index < -0.39 is 4.92 Å². The maximum absolute atomic E-state index is 12.7. The van der Waals surface area contributed by atoms with Crippen molar-refractivity contribution in [2.75, 3.05) is 26.2 Å². The molecule has 2 heterocycles. The molecule has 1 aromatic heterocycles. The van der Waals surface area contributed by atoms with Crippen LogP contribution in [0.4, 0.5) is 5.69 Å². The zero-order valence-electron chi connectivity index (χ0n) is 17.7. The van der Waals surface area contributed by atoms with E-state index in [4.69, 9.17) is 0 Å². The van der Waals surface area contributed by atoms with Crippen LogP contribution in [0.15, 0.2) is 24.3 Å². The first-order valence-electron chi connectivity index (χ1n) is 10.4. The number of nitrogens with zero attached hydrogens (tertiary/aromatic N) is 5. The normalized spacial score (nSPS) is 14.9. The molecule has 3 rings (SSSR count). The van der Waals surface area contributed by atoms with E-state index in [1.54, 1.807) is 19.1 Å². The van der Waals surface area contributed by atoms with Crippen LogP contribution in [0.3, 0.4) is 0 Å². The molecule has 0 atom stereocenters. The summed E-state index contributed by atoms with van der Waals surface area (Å²) in [6.45, 7) is 6.22. The van der Waals surface area contributed by atoms with E-state index in [0.29, 0.717) is 24.5 Å². The molecule has 11 heteroatoms. The Morgan fingerprint density at radius 3 is 2.71 bits per heavy atom. The van der Waals surface area contributed by atoms with Gasteiger partial charge in [-0.1, -0.05) is 18.2 Å². The van der Waals surface area contributed by atoms with Gasteiger partial charge in [0.25, 0.3) is 11.6 Å². The van der Waals surface area contributed by atoms with Gasteiger partial charge in [-0.2, -0.15) is 0 Å². The summed E-state index contributed by atoms with van der Waals surface area (Å²) in [5, 5.41) is 24.8. The summed E-state index contributed by atoms with van der Waals surface area (Å²) in [4.78, 5) is 37.2. The minimum atomic E-state index is -0.483. The van der Waals surface area contributed by atoms with Crippen molar-refractivity contribution < 1.29 is 14.5 Å². The number of piperidine rings is 1. The number of nitro benzene ring substituents is 1. The first kappa shape index (κ1) is 22.3. The molecule has 2 amide bonds. The molecular formula is C20H27N7O4. The highest BCUT2D eigenvalue weighted by atomic mass is 16.6. The largest absolute Gasteiger partial charge is 0.355 e. The van der Waals surface area contributed by atoms with Gasteiger partial charge in [-0.3, -0.25) is 24.6 Å². The van der Waals surface area contributed by atoms with Crippen LogP contribution in [0, 0.1) is 17.0 Å². The first-order valence-corrected chi connectivity index (χ1v) is 10.4. The van der Waals surface area contributed by atoms with Crippen LogP contribution in [0.25, 0.3) is 5.69 Å². The number of carbonyl (C=O) groups is 2. The number of likely N-dealkylation sites (tertiary alicyclic amines) is 1. The van der Waals surface area contributed by atoms with Gasteiger partial charge < -0.3 is 10.6 Å². The third-order valence-electron chi connectivity index (χ3n) is 5.26. The number of amides is 2. The average molecular weight is 429 g/mol. The minimum absolute atomic E-state index is 0.00943. The zero-order valence-corrected chi connectivity index (χ0v) is 17.7. The van der Waals surface area contributed by atoms with E-state index in [1.165, 1.54) is 16.8 Å². The molecule has 1 saturated heterocycles. The summed E-state index contributed by atoms with van der Waals surface area (Å²) < 4.78 is 1.42. The SMILES string of the molecule is CCCNC(=O)CN1CCC(NC(=O)c2nnn(-c3cccc([N+](=O)[O-])c3)c2C)CC1. The van der Waals surface area contributed by atoms with E-state index in [2.05, 4.69) is 25.8 Å². The molecule has 0 saturated carbocycles. The van der Waals surface area contributed by atoms with Gasteiger partial charge in [0.05, 0.1) is 22.8 Å². The van der Waals surface area contributed by atoms with Crippen molar-refractivity contribution in [3.63, 3.8) is 0 Å². The van der Waals surface area contributed by atoms with Gasteiger partial charge in [-0.15, -0.1) is 5.10 Å². The fourth-order valence-electron chi connectivity index (χ4n) is 3.54. The summed E-state index contributed by atoms with van der Waals surface area (Å²) >= 11 is 0. The molecule has 31 heavy (non-hydrogen) atoms. The average Bonchev–Trinajstić information content (AvgIpc) is 3.15. The van der Waals surface area contributed by atoms with Crippen molar-refractivity contribution in [3.8, 4) is 5.69 Å². The lowest BCUT2D eigenvalue weighted by Gasteiger charge is -2.31. The number of hydrogen-bond donors (Lipinski definition) is 2. The van der Waals surface area contributed by atoms with Gasteiger partial charge in [0.1, 0.15) is 0 Å². The molecule has 1 aromatic carbocycles. The van der Waals surface area contributed by atoms with Crippen LogP contribution in [0.1, 0.15) is 42.4 Å². The molecule has 166 valence electrons. The van der Waals surface area contributed by atoms with Crippen LogP contribution in [0.5, 0.6) is 0 Å². The number of nitro groups is 1. The van der Waals surface area contributed by atoms with Gasteiger partial charge in [-0.05, 0) is 32.3 Å². The Hall–Kier alpha value is -3.34. The Morgan fingerprint density at radius 2 is 2.03 bits per heavy atom. The lowest BCUT2D eigenvalue weighted by molar-refractivity contribution is -0.384. The number of hydrogen-bond acceptors (Lipinski definition) is 7. The monoisotopic (exact) mass is 429 g/mol. The van der Waals surface area contributed by atoms with Crippen LogP contribution >= 0.6 is 0 Å². The van der Waals surface area contributed by atoms with Gasteiger partial charge in [-0.25, -0.2) is 4.68 Å². The zero-order chi connectivity index (χ0) is 22.4. The Morgan fingerprint density at radius 1 is 1.29 bits per heavy atom. The second kappa shape index (κ2) is 10.1. The fourth-order valence-corrected chi connectivity index (χ4v) is 3.54. The fraction of sp³-hybridized carbons (Fsp3) is 0.500. The second-order valence-corrected chi connectivity index (χ2v) is 7.59. The maximum atomic E-state index is 12.7. The second-order valence-electron chi connectivity index (χ2n) is 7.59. The van der Waals surface area contributed by atoms with Gasteiger partial charge in [0.15, 0.2) is 5.69 Å². The van der Waals surface area contributed by atoms with Crippen molar-refractivity contribution in [1.82, 2.24) is 30.5 Å². The summed E-state index contributed by atoms with van der Waals surface area (Å²) in [5.41, 5.74) is 1.09. The van der Waals surface area contributed by atoms with Gasteiger partial charge in [0, 0.05) is 37.8 Å². The molecule has 2 aromatic rings. The highest BCUT2D eigenvalue weighted by Crippen LogP contribution is 2.19. The highest BCUT2D eigenvalue weighted by Gasteiger charge is 2.25. The molecule has 0 aliphatic carbocycles. The smallest absolute Gasteiger partial charge is 0.273 e. The number of carbonyl (C=O) groups excluding carboxylic acids is 2. The van der Waals surface area contributed by atoms with Crippen LogP contribution in [-0.2, 0) is 4.79 Å². The standard InChI is InChI=1S/C20H27N7O4/c1-3-9-21-18(28)13-25-10-7-15(8-11-25)22-20(29)19-14(2)26(24-23-19)16-5-4-6-17(12-16)27(30)31/h4-6,12,15H,3,7-11,13H2,1-2H3,(H,21,28)(H,22,29). The van der Waals surface area contributed by atoms with E-state index in [9.17, 15) is 19.7 Å². The molecule has 2 N–H and O–H groups in total. The van der Waals surface area contributed by atoms with Crippen molar-refractivity contribution in [1.29, 1.82) is 0 Å². The first-order chi connectivity index (χ1) is 14.9. The third-order valence-corrected chi connectivity index (χ3v) is 5.26. The molecule has 0 unspecified atom stereocenters. The maximum Gasteiger partial charge on any atom is 0.273 e. The molecular weight excluding hydrogens is 402 g/mol. The predicted octanol–water partition coefficient (Wildman–Crippen LogP) is 1.20. The number of nitrogens with one attached hydrogen (secondary N) is 2. The predicted molar refractivity (Wildman–Crippen MR) is 113 cm³/mol. The molecule has 1 aliphatic rings. The van der Waals surface area contributed by atoms with Crippen molar-refractivity contribution in [3.05, 3.63) is 45.8 Å². The summed E-state index contributed by atoms with van der Waals surface area (Å²) in [7, 11) is 0. The quantitative estimate of drug-likeness (QED) is 0.475. The molecule has 0 spiro atoms. The van der Waals surface area contributed by atoms with Gasteiger partial charge in [0.2, 0.25) is 5.91 Å². The van der Waals surface area contributed by atoms with Crippen molar-refractivity contribution >= 4 is 17.5 Å². The highest BCUT2D eigenvalue weighted by molar-refractivity contribution is 5.93. The molecule has 1 aliphatic heterocycles. The number of benzene rings is 1. The summed E-state index contributed by atoms with van der Waals surface area (Å²) in [5.74, 6) is -0.300. The van der Waals surface area contributed by atoms with Crippen LogP contribution < -0.4 is 10.6 Å². The van der Waals surface area contributed by atoms with E-state index >= 15 is 0 Å². The van der Waals surface area contributed by atoms with E-state index in [1.807, 2.05) is 6.92 Å². The van der Waals surface area contributed by atoms with Crippen LogP contribution in [0.2, 0.25) is 0 Å². The Labute approximate surface area is 179 Å².